The van der Waals surface area contributed by atoms with Gasteiger partial charge in [0.2, 0.25) is 95.2 Å². The van der Waals surface area contributed by atoms with Gasteiger partial charge in [0.1, 0.15) is 0 Å². The molecule has 40 nitrogen and oxygen atoms in total. The van der Waals surface area contributed by atoms with Gasteiger partial charge in [-0.05, 0) is 190 Å². The number of aromatic nitrogens is 24. The van der Waals surface area contributed by atoms with Crippen molar-refractivity contribution < 1.29 is 0 Å². The van der Waals surface area contributed by atoms with E-state index in [1.54, 1.807) is 36.4 Å². The first-order valence-electron chi connectivity index (χ1n) is 41.4. The number of halogens is 11. The Labute approximate surface area is 839 Å². The van der Waals surface area contributed by atoms with Gasteiger partial charge < -0.3 is 85.1 Å². The second-order valence-corrected chi connectivity index (χ2v) is 34.5. The number of rotatable bonds is 32. The number of anilines is 18. The normalized spacial score (nSPS) is 10.4. The van der Waals surface area contributed by atoms with Crippen LogP contribution < -0.4 is 85.1 Å². The summed E-state index contributed by atoms with van der Waals surface area (Å²) in [6, 6.07) is 55.2. The van der Waals surface area contributed by atoms with Crippen LogP contribution in [0, 0.1) is 0 Å². The molecule has 24 N–H and O–H groups in total. The van der Waals surface area contributed by atoms with E-state index in [9.17, 15) is 0 Å². The smallest absolute Gasteiger partial charge is 0.248 e. The minimum atomic E-state index is 0.248. The summed E-state index contributed by atoms with van der Waals surface area (Å²) in [5.74, 6) is 8.51. The summed E-state index contributed by atoms with van der Waals surface area (Å²) >= 11 is 64.6. The lowest BCUT2D eigenvalue weighted by atomic mass is 10.1. The van der Waals surface area contributed by atoms with Crippen LogP contribution in [0.3, 0.4) is 0 Å². The van der Waals surface area contributed by atoms with Crippen molar-refractivity contribution in [2.75, 3.05) is 147 Å². The number of nitrogens with one attached hydrogen (secondary N) is 18. The van der Waals surface area contributed by atoms with Gasteiger partial charge in [-0.3, -0.25) is 0 Å². The number of H-pyrrole nitrogens is 8. The Morgan fingerprint density at radius 3 is 1.00 bits per heavy atom. The van der Waals surface area contributed by atoms with E-state index in [1.165, 1.54) is 11.1 Å². The van der Waals surface area contributed by atoms with E-state index >= 15 is 0 Å². The van der Waals surface area contributed by atoms with Gasteiger partial charge in [0.25, 0.3) is 0 Å². The Kier molecular flexibility index (Phi) is 43.6. The molecule has 0 aliphatic heterocycles. The first kappa shape index (κ1) is 107. The maximum Gasteiger partial charge on any atom is 0.248 e. The molecule has 0 atom stereocenters. The molecule has 8 aromatic carbocycles. The molecule has 51 heteroatoms. The highest BCUT2D eigenvalue weighted by molar-refractivity contribution is 6.43. The van der Waals surface area contributed by atoms with Crippen LogP contribution in [0.1, 0.15) is 61.1 Å². The van der Waals surface area contributed by atoms with E-state index in [0.29, 0.717) is 157 Å². The van der Waals surface area contributed by atoms with Gasteiger partial charge in [-0.15, -0.1) is 40.8 Å². The summed E-state index contributed by atoms with van der Waals surface area (Å²) in [7, 11) is 11.4. The number of nitrogens with two attached hydrogens (primary N) is 3. The van der Waals surface area contributed by atoms with Crippen LogP contribution in [0.25, 0.3) is 0 Å². The minimum absolute atomic E-state index is 0.248. The molecule has 0 spiro atoms. The van der Waals surface area contributed by atoms with Crippen LogP contribution in [0.15, 0.2) is 176 Å². The third kappa shape index (κ3) is 39.8. The van der Waals surface area contributed by atoms with Crippen LogP contribution in [-0.4, -0.2) is 195 Å². The zero-order chi connectivity index (χ0) is 98.0. The molecule has 720 valence electrons. The van der Waals surface area contributed by atoms with Gasteiger partial charge in [-0.1, -0.05) is 194 Å². The minimum Gasteiger partial charge on any atom is -0.368 e. The van der Waals surface area contributed by atoms with Crippen molar-refractivity contribution in [2.24, 2.45) is 0 Å². The van der Waals surface area contributed by atoms with Gasteiger partial charge in [-0.25, -0.2) is 40.8 Å². The first-order valence-corrected chi connectivity index (χ1v) is 45.6. The molecule has 0 saturated carbocycles. The molecule has 0 bridgehead atoms. The number of aromatic amines is 8. The highest BCUT2D eigenvalue weighted by atomic mass is 35.5. The molecule has 0 amide bonds. The van der Waals surface area contributed by atoms with Crippen molar-refractivity contribution in [3.8, 4) is 0 Å². The highest BCUT2D eigenvalue weighted by Gasteiger charge is 2.13. The fraction of sp³-hybridized carbons (Fsp3) is 0.247. The molecule has 0 radical (unpaired) electrons. The Morgan fingerprint density at radius 2 is 0.588 bits per heavy atom. The summed E-state index contributed by atoms with van der Waals surface area (Å²) in [5, 5.41) is 91.3. The van der Waals surface area contributed by atoms with Crippen molar-refractivity contribution in [1.29, 1.82) is 0 Å². The number of nitrogens with zero attached hydrogens (tertiary/aromatic N) is 19. The van der Waals surface area contributed by atoms with E-state index in [0.717, 1.165) is 86.1 Å². The second-order valence-electron chi connectivity index (χ2n) is 29.9. The Hall–Kier alpha value is -13.1. The third-order valence-electron chi connectivity index (χ3n) is 17.2. The van der Waals surface area contributed by atoms with Gasteiger partial charge in [0.15, 0.2) is 0 Å². The molecule has 0 aliphatic rings. The van der Waals surface area contributed by atoms with Crippen molar-refractivity contribution in [1.82, 2.24) is 121 Å². The molecule has 136 heavy (non-hydrogen) atoms. The van der Waals surface area contributed by atoms with Crippen LogP contribution in [0.4, 0.5) is 107 Å². The molecular weight excluding hydrogens is 1970 g/mol. The Morgan fingerprint density at radius 1 is 0.272 bits per heavy atom. The van der Waals surface area contributed by atoms with Gasteiger partial charge in [-0.2, -0.15) is 39.9 Å². The van der Waals surface area contributed by atoms with Crippen LogP contribution in [0.2, 0.25) is 55.2 Å². The summed E-state index contributed by atoms with van der Waals surface area (Å²) in [6.45, 7) is 12.3. The maximum atomic E-state index is 5.93. The highest BCUT2D eigenvalue weighted by Crippen LogP contribution is 2.29. The molecule has 0 fully saturated rings. The third-order valence-corrected chi connectivity index (χ3v) is 20.6. The SMILES string of the molecule is CC(C)Nc1nc(NCCc2cccc(Cl)c2)n[nH]1.CC(C)Nc1nc(NCc2cccc(Cl)c2)n[nH]1.CN(C)c1n[nH]c(NCCc2cccc(Cl)c2)n1.CN(C)c1n[nH]c(NCc2cccc(Cl)c2)n1.CN(C)c1n[nH]c(Nc2cccc(Cl)c2)n1.Nc1nc(NCCc2ccc(Cl)c(Cl)c2)n[nH]1.Nc1nc(NCc2ccc(Cl)c(Cl)c2)n[nH]1.Nc1nc(Nc2ccc(Cl)c(Cl)c2)n[nH]1. The van der Waals surface area contributed by atoms with Crippen LogP contribution >= 0.6 is 128 Å². The van der Waals surface area contributed by atoms with Gasteiger partial charge >= 0.3 is 0 Å². The number of nitrogen functional groups attached to an aromatic ring is 3. The predicted molar refractivity (Wildman–Crippen MR) is 557 cm³/mol. The van der Waals surface area contributed by atoms with Crippen LogP contribution in [-0.2, 0) is 38.9 Å². The molecule has 0 unspecified atom stereocenters. The summed E-state index contributed by atoms with van der Waals surface area (Å²) < 4.78 is 0. The van der Waals surface area contributed by atoms with E-state index in [-0.39, 0.29) is 11.9 Å². The van der Waals surface area contributed by atoms with E-state index in [1.807, 2.05) is 198 Å². The van der Waals surface area contributed by atoms with Crippen molar-refractivity contribution in [3.63, 3.8) is 0 Å². The van der Waals surface area contributed by atoms with Crippen molar-refractivity contribution in [3.05, 3.63) is 265 Å². The largest absolute Gasteiger partial charge is 0.368 e. The topological polar surface area (TPSA) is 541 Å². The molecule has 16 rings (SSSR count). The monoisotopic (exact) mass is 2070 g/mol. The molecular formula is C85H103Cl11N40. The van der Waals surface area contributed by atoms with E-state index < -0.39 is 0 Å². The molecule has 0 aliphatic carbocycles. The fourth-order valence-electron chi connectivity index (χ4n) is 10.9. The summed E-state index contributed by atoms with van der Waals surface area (Å²) in [5.41, 5.74) is 24.4. The van der Waals surface area contributed by atoms with Crippen LogP contribution in [0.5, 0.6) is 0 Å². The Balaban J connectivity index is 0.000000174. The van der Waals surface area contributed by atoms with E-state index in [4.69, 9.17) is 145 Å². The van der Waals surface area contributed by atoms with Crippen molar-refractivity contribution in [2.45, 2.75) is 78.7 Å². The summed E-state index contributed by atoms with van der Waals surface area (Å²) in [4.78, 5) is 38.5. The van der Waals surface area contributed by atoms with E-state index in [2.05, 4.69) is 201 Å². The predicted octanol–water partition coefficient (Wildman–Crippen LogP) is 19.5. The lowest BCUT2D eigenvalue weighted by Crippen LogP contribution is -2.11. The standard InChI is InChI=1S/C13H18ClN5.2C12H16ClN5.C11H14ClN5.C10H11Cl2N5.C10H12ClN5.C9H9Cl2N5.C8H7Cl2N5/c1-9(2)16-13-17-12(18-19-13)15-7-6-10-4-3-5-11(14)8-10;1-8(2)15-12-16-11(17-18-12)14-7-9-4-3-5-10(13)6-9;1-18(2)12-15-11(16-17-12)14-7-6-9-4-3-5-10(13)8-9;1-17(2)11-14-10(15-16-11)13-7-8-4-3-5-9(12)6-8;11-7-2-1-6(5-8(7)12)3-4-14-10-15-9(13)16-17-10;1-16(2)10-13-9(14-15-10)12-8-5-3-4-7(11)6-8;10-6-2-1-5(3-7(6)11)4-13-9-14-8(12)15-16-9;9-5-2-1-4(3-6(5)10)12-8-13-7(11)14-15-8/h3-5,8-9H,6-7H2,1-2H3,(H3,15,16,17,18,19);3-6,8H,7H2,1-2H3,(H3,14,15,16,17,18);3-5,8H,6-7H2,1-2H3,(H2,14,15,16,17);3-6H,7H2,1-2H3,(H2,13,14,15,16);1-2,5H,3-4H2,(H4,13,14,15,16,17);3-6H,1-2H3,(H2,12,13,14,15);1-3H,4H2,(H4,12,13,14,15,16);1-3H,(H4,11,12,13,14,15). The lowest BCUT2D eigenvalue weighted by molar-refractivity contribution is 0.876. The molecule has 8 heterocycles. The first-order chi connectivity index (χ1) is 65.1. The number of benzene rings is 8. The van der Waals surface area contributed by atoms with Gasteiger partial charge in [0, 0.05) is 130 Å². The second kappa shape index (κ2) is 55.6. The number of hydrogen-bond donors (Lipinski definition) is 21. The van der Waals surface area contributed by atoms with Gasteiger partial charge in [0.05, 0.1) is 30.1 Å². The molecule has 16 aromatic rings. The lowest BCUT2D eigenvalue weighted by Gasteiger charge is -2.04. The zero-order valence-electron chi connectivity index (χ0n) is 75.1. The average Bonchev–Trinajstić information content (AvgIpc) is 1.61. The number of hydrogen-bond acceptors (Lipinski definition) is 32. The molecule has 0 saturated heterocycles. The summed E-state index contributed by atoms with van der Waals surface area (Å²) in [6.07, 6.45) is 2.56. The maximum absolute atomic E-state index is 5.93. The molecule has 8 aromatic heterocycles. The fourth-order valence-corrected chi connectivity index (χ4v) is 12.9. The average molecular weight is 2080 g/mol. The zero-order valence-corrected chi connectivity index (χ0v) is 83.5. The Bertz CT molecular complexity index is 6230. The van der Waals surface area contributed by atoms with Crippen molar-refractivity contribution >= 4 is 234 Å². The quantitative estimate of drug-likeness (QED) is 0.0186.